The van der Waals surface area contributed by atoms with Crippen LogP contribution in [-0.4, -0.2) is 6.08 Å². The van der Waals surface area contributed by atoms with Crippen LogP contribution in [0.2, 0.25) is 0 Å². The van der Waals surface area contributed by atoms with Gasteiger partial charge in [0.05, 0.1) is 11.3 Å². The van der Waals surface area contributed by atoms with Crippen LogP contribution >= 0.6 is 15.9 Å². The Labute approximate surface area is 85.6 Å². The summed E-state index contributed by atoms with van der Waals surface area (Å²) < 4.78 is 36.9. The van der Waals surface area contributed by atoms with Gasteiger partial charge in [-0.05, 0) is 18.2 Å². The molecule has 1 aromatic rings. The fourth-order valence-corrected chi connectivity index (χ4v) is 1.34. The van der Waals surface area contributed by atoms with E-state index in [1.807, 2.05) is 0 Å². The van der Waals surface area contributed by atoms with E-state index < -0.39 is 11.7 Å². The molecule has 0 aliphatic carbocycles. The molecular weight excluding hydrogens is 263 g/mol. The quantitative estimate of drug-likeness (QED) is 0.565. The number of halogens is 4. The van der Waals surface area contributed by atoms with Gasteiger partial charge in [-0.15, -0.1) is 0 Å². The third kappa shape index (κ3) is 2.68. The second-order valence-corrected chi connectivity index (χ2v) is 3.31. The molecule has 14 heavy (non-hydrogen) atoms. The molecule has 74 valence electrons. The fourth-order valence-electron chi connectivity index (χ4n) is 0.855. The first-order chi connectivity index (χ1) is 6.43. The summed E-state index contributed by atoms with van der Waals surface area (Å²) >= 11 is 2.89. The zero-order chi connectivity index (χ0) is 10.8. The summed E-state index contributed by atoms with van der Waals surface area (Å²) in [5.41, 5.74) is -0.942. The predicted octanol–water partition coefficient (Wildman–Crippen LogP) is 3.44. The van der Waals surface area contributed by atoms with Crippen LogP contribution in [0.25, 0.3) is 0 Å². The second-order valence-electron chi connectivity index (χ2n) is 2.40. The minimum Gasteiger partial charge on any atom is -0.211 e. The van der Waals surface area contributed by atoms with Crippen molar-refractivity contribution in [2.75, 3.05) is 0 Å². The molecule has 0 saturated carbocycles. The lowest BCUT2D eigenvalue weighted by molar-refractivity contribution is -0.137. The van der Waals surface area contributed by atoms with Crippen molar-refractivity contribution in [2.45, 2.75) is 6.18 Å². The van der Waals surface area contributed by atoms with Gasteiger partial charge in [0.1, 0.15) is 0 Å². The standard InChI is InChI=1S/C8H3BrF3NO/c9-6-1-5(8(10,11)12)2-7(3-6)13-4-14/h1-3H. The number of hydrogen-bond donors (Lipinski definition) is 0. The molecule has 0 atom stereocenters. The summed E-state index contributed by atoms with van der Waals surface area (Å²) in [5, 5.41) is 0. The number of nitrogens with zero attached hydrogens (tertiary/aromatic N) is 1. The van der Waals surface area contributed by atoms with Crippen molar-refractivity contribution in [3.8, 4) is 0 Å². The smallest absolute Gasteiger partial charge is 0.211 e. The van der Waals surface area contributed by atoms with E-state index in [0.717, 1.165) is 12.1 Å². The number of aliphatic imine (C=N–C) groups is 1. The van der Waals surface area contributed by atoms with Gasteiger partial charge in [-0.25, -0.2) is 4.79 Å². The molecule has 0 spiro atoms. The molecule has 0 amide bonds. The number of rotatable bonds is 1. The third-order valence-electron chi connectivity index (χ3n) is 1.38. The molecule has 0 bridgehead atoms. The van der Waals surface area contributed by atoms with E-state index in [4.69, 9.17) is 0 Å². The van der Waals surface area contributed by atoms with E-state index in [9.17, 15) is 18.0 Å². The van der Waals surface area contributed by atoms with E-state index in [1.165, 1.54) is 12.1 Å². The molecule has 0 N–H and O–H groups in total. The van der Waals surface area contributed by atoms with E-state index in [0.29, 0.717) is 0 Å². The lowest BCUT2D eigenvalue weighted by Crippen LogP contribution is -2.04. The van der Waals surface area contributed by atoms with Crippen LogP contribution < -0.4 is 0 Å². The normalized spacial score (nSPS) is 10.9. The molecule has 0 fully saturated rings. The largest absolute Gasteiger partial charge is 0.416 e. The summed E-state index contributed by atoms with van der Waals surface area (Å²) in [6.45, 7) is 0. The summed E-state index contributed by atoms with van der Waals surface area (Å²) in [7, 11) is 0. The van der Waals surface area contributed by atoms with Crippen molar-refractivity contribution in [2.24, 2.45) is 4.99 Å². The number of isocyanates is 1. The molecule has 2 nitrogen and oxygen atoms in total. The topological polar surface area (TPSA) is 29.4 Å². The fraction of sp³-hybridized carbons (Fsp3) is 0.125. The maximum Gasteiger partial charge on any atom is 0.416 e. The zero-order valence-corrected chi connectivity index (χ0v) is 8.19. The van der Waals surface area contributed by atoms with E-state index in [1.54, 1.807) is 0 Å². The Morgan fingerprint density at radius 2 is 1.93 bits per heavy atom. The van der Waals surface area contributed by atoms with Crippen molar-refractivity contribution in [1.82, 2.24) is 0 Å². The van der Waals surface area contributed by atoms with Crippen LogP contribution in [0.3, 0.4) is 0 Å². The highest BCUT2D eigenvalue weighted by Gasteiger charge is 2.31. The minimum atomic E-state index is -4.45. The van der Waals surface area contributed by atoms with Gasteiger partial charge in [-0.2, -0.15) is 18.2 Å². The summed E-state index contributed by atoms with van der Waals surface area (Å²) in [6.07, 6.45) is -3.27. The number of alkyl halides is 3. The average molecular weight is 266 g/mol. The van der Waals surface area contributed by atoms with Crippen LogP contribution in [0.15, 0.2) is 27.7 Å². The maximum atomic E-state index is 12.2. The van der Waals surface area contributed by atoms with Crippen molar-refractivity contribution >= 4 is 27.7 Å². The molecule has 0 heterocycles. The number of carbonyl (C=O) groups excluding carboxylic acids is 1. The van der Waals surface area contributed by atoms with Crippen LogP contribution in [0, 0.1) is 0 Å². The lowest BCUT2D eigenvalue weighted by Gasteiger charge is -2.07. The van der Waals surface area contributed by atoms with Crippen molar-refractivity contribution in [3.63, 3.8) is 0 Å². The Bertz CT molecular complexity index is 396. The Balaban J connectivity index is 3.27. The van der Waals surface area contributed by atoms with Crippen molar-refractivity contribution in [1.29, 1.82) is 0 Å². The Morgan fingerprint density at radius 3 is 2.43 bits per heavy atom. The molecule has 6 heteroatoms. The second kappa shape index (κ2) is 3.94. The zero-order valence-electron chi connectivity index (χ0n) is 6.60. The Morgan fingerprint density at radius 1 is 1.29 bits per heavy atom. The van der Waals surface area contributed by atoms with E-state index in [-0.39, 0.29) is 10.2 Å². The van der Waals surface area contributed by atoms with Gasteiger partial charge >= 0.3 is 6.18 Å². The van der Waals surface area contributed by atoms with Crippen LogP contribution in [0.4, 0.5) is 18.9 Å². The maximum absolute atomic E-state index is 12.2. The number of hydrogen-bond acceptors (Lipinski definition) is 2. The first-order valence-corrected chi connectivity index (χ1v) is 4.18. The van der Waals surface area contributed by atoms with E-state index in [2.05, 4.69) is 20.9 Å². The highest BCUT2D eigenvalue weighted by atomic mass is 79.9. The van der Waals surface area contributed by atoms with Gasteiger partial charge in [0.15, 0.2) is 0 Å². The van der Waals surface area contributed by atoms with E-state index >= 15 is 0 Å². The third-order valence-corrected chi connectivity index (χ3v) is 1.84. The molecule has 1 rings (SSSR count). The van der Waals surface area contributed by atoms with Gasteiger partial charge in [0.25, 0.3) is 0 Å². The van der Waals surface area contributed by atoms with Crippen LogP contribution in [0.1, 0.15) is 5.56 Å². The highest BCUT2D eigenvalue weighted by molar-refractivity contribution is 9.10. The molecule has 0 aliphatic heterocycles. The summed E-state index contributed by atoms with van der Waals surface area (Å²) in [6, 6.07) is 2.97. The minimum absolute atomic E-state index is 0.0818. The van der Waals surface area contributed by atoms with Gasteiger partial charge in [-0.3, -0.25) is 0 Å². The monoisotopic (exact) mass is 265 g/mol. The van der Waals surface area contributed by atoms with Crippen LogP contribution in [-0.2, 0) is 11.0 Å². The summed E-state index contributed by atoms with van der Waals surface area (Å²) in [4.78, 5) is 13.0. The lowest BCUT2D eigenvalue weighted by atomic mass is 10.2. The summed E-state index contributed by atoms with van der Waals surface area (Å²) in [5.74, 6) is 0. The molecule has 0 unspecified atom stereocenters. The number of benzene rings is 1. The Kier molecular flexibility index (Phi) is 3.08. The van der Waals surface area contributed by atoms with Gasteiger partial charge < -0.3 is 0 Å². The molecule has 0 saturated heterocycles. The molecule has 0 radical (unpaired) electrons. The predicted molar refractivity (Wildman–Crippen MR) is 46.9 cm³/mol. The SMILES string of the molecule is O=C=Nc1cc(Br)cc(C(F)(F)F)c1. The molecule has 1 aromatic carbocycles. The Hall–Kier alpha value is -1.13. The van der Waals surface area contributed by atoms with Gasteiger partial charge in [0, 0.05) is 4.47 Å². The molecular formula is C8H3BrF3NO. The van der Waals surface area contributed by atoms with Crippen LogP contribution in [0.5, 0.6) is 0 Å². The first kappa shape index (κ1) is 10.9. The van der Waals surface area contributed by atoms with Crippen molar-refractivity contribution < 1.29 is 18.0 Å². The first-order valence-electron chi connectivity index (χ1n) is 3.39. The van der Waals surface area contributed by atoms with Gasteiger partial charge in [-0.1, -0.05) is 15.9 Å². The molecule has 0 aliphatic rings. The average Bonchev–Trinajstić information content (AvgIpc) is 2.02. The molecule has 0 aromatic heterocycles. The highest BCUT2D eigenvalue weighted by Crippen LogP contribution is 2.33. The van der Waals surface area contributed by atoms with Crippen molar-refractivity contribution in [3.05, 3.63) is 28.2 Å². The van der Waals surface area contributed by atoms with Gasteiger partial charge in [0.2, 0.25) is 6.08 Å².